The second kappa shape index (κ2) is 11.8. The molecule has 0 spiro atoms. The third kappa shape index (κ3) is 6.52. The van der Waals surface area contributed by atoms with Gasteiger partial charge in [0, 0.05) is 24.8 Å². The van der Waals surface area contributed by atoms with Crippen molar-refractivity contribution in [3.8, 4) is 28.3 Å². The summed E-state index contributed by atoms with van der Waals surface area (Å²) in [6.07, 6.45) is -3.11. The number of halogens is 5. The summed E-state index contributed by atoms with van der Waals surface area (Å²) in [7, 11) is 3.83. The van der Waals surface area contributed by atoms with Crippen LogP contribution < -0.4 is 5.32 Å². The number of hydrogen-bond donors (Lipinski definition) is 1. The zero-order valence-electron chi connectivity index (χ0n) is 20.1. The highest BCUT2D eigenvalue weighted by Crippen LogP contribution is 2.39. The van der Waals surface area contributed by atoms with Crippen LogP contribution in [0.5, 0.6) is 0 Å². The smallest absolute Gasteiger partial charge is 0.351 e. The van der Waals surface area contributed by atoms with Crippen molar-refractivity contribution < 1.29 is 18.0 Å². The summed E-state index contributed by atoms with van der Waals surface area (Å²) in [6, 6.07) is 18.9. The fourth-order valence-electron chi connectivity index (χ4n) is 3.84. The van der Waals surface area contributed by atoms with Crippen molar-refractivity contribution in [3.05, 3.63) is 95.1 Å². The van der Waals surface area contributed by atoms with Crippen molar-refractivity contribution in [2.24, 2.45) is 0 Å². The molecule has 0 saturated carbocycles. The molecule has 2 aromatic carbocycles. The number of aromatic nitrogens is 2. The number of nitrogens with one attached hydrogen (secondary N) is 1. The van der Waals surface area contributed by atoms with Crippen LogP contribution in [0.25, 0.3) is 28.3 Å². The van der Waals surface area contributed by atoms with Gasteiger partial charge in [-0.05, 0) is 68.2 Å². The molecule has 4 rings (SSSR count). The third-order valence-electron chi connectivity index (χ3n) is 5.61. The molecule has 0 aliphatic rings. The molecule has 0 bridgehead atoms. The van der Waals surface area contributed by atoms with Crippen LogP contribution in [0.15, 0.2) is 79.0 Å². The minimum absolute atomic E-state index is 0. The molecule has 37 heavy (non-hydrogen) atoms. The van der Waals surface area contributed by atoms with Crippen LogP contribution in [-0.2, 0) is 6.18 Å². The first-order valence-corrected chi connectivity index (χ1v) is 11.6. The number of pyridine rings is 1. The van der Waals surface area contributed by atoms with E-state index in [9.17, 15) is 18.0 Å². The molecule has 2 aromatic heterocycles. The Morgan fingerprint density at radius 2 is 1.65 bits per heavy atom. The molecule has 4 aromatic rings. The minimum Gasteiger partial charge on any atom is -0.351 e. The first kappa shape index (κ1) is 28.2. The highest BCUT2D eigenvalue weighted by atomic mass is 35.5. The molecule has 0 radical (unpaired) electrons. The lowest BCUT2D eigenvalue weighted by Gasteiger charge is -2.19. The second-order valence-corrected chi connectivity index (χ2v) is 8.89. The summed E-state index contributed by atoms with van der Waals surface area (Å²) in [5.41, 5.74) is 1.79. The molecule has 0 unspecified atom stereocenters. The molecule has 0 aliphatic carbocycles. The van der Waals surface area contributed by atoms with Crippen molar-refractivity contribution in [3.63, 3.8) is 0 Å². The van der Waals surface area contributed by atoms with E-state index in [2.05, 4.69) is 10.3 Å². The highest BCUT2D eigenvalue weighted by Gasteiger charge is 2.34. The number of para-hydroxylation sites is 1. The second-order valence-electron chi connectivity index (χ2n) is 8.45. The third-order valence-corrected chi connectivity index (χ3v) is 5.83. The monoisotopic (exact) mass is 548 g/mol. The minimum atomic E-state index is -4.56. The predicted molar refractivity (Wildman–Crippen MR) is 143 cm³/mol. The zero-order valence-corrected chi connectivity index (χ0v) is 21.7. The van der Waals surface area contributed by atoms with E-state index in [0.29, 0.717) is 46.3 Å². The maximum atomic E-state index is 14.0. The van der Waals surface area contributed by atoms with E-state index < -0.39 is 11.7 Å². The summed E-state index contributed by atoms with van der Waals surface area (Å²) in [4.78, 5) is 18.7. The van der Waals surface area contributed by atoms with Crippen molar-refractivity contribution in [2.75, 3.05) is 27.2 Å². The molecule has 194 valence electrons. The van der Waals surface area contributed by atoms with E-state index in [-0.39, 0.29) is 24.0 Å². The number of likely N-dealkylation sites (N-methyl/N-ethyl adjacent to an activating group) is 1. The van der Waals surface area contributed by atoms with Crippen molar-refractivity contribution in [1.29, 1.82) is 0 Å². The van der Waals surface area contributed by atoms with Gasteiger partial charge in [-0.3, -0.25) is 9.78 Å². The van der Waals surface area contributed by atoms with E-state index in [1.807, 2.05) is 19.0 Å². The number of carbonyl (C=O) groups is 1. The van der Waals surface area contributed by atoms with Gasteiger partial charge in [-0.2, -0.15) is 13.2 Å². The predicted octanol–water partition coefficient (Wildman–Crippen LogP) is 6.59. The zero-order chi connectivity index (χ0) is 25.9. The first-order chi connectivity index (χ1) is 17.1. The highest BCUT2D eigenvalue weighted by molar-refractivity contribution is 6.30. The summed E-state index contributed by atoms with van der Waals surface area (Å²) < 4.78 is 43.4. The molecule has 2 heterocycles. The van der Waals surface area contributed by atoms with Gasteiger partial charge in [0.15, 0.2) is 0 Å². The summed E-state index contributed by atoms with van der Waals surface area (Å²) in [5, 5.41) is 3.27. The van der Waals surface area contributed by atoms with E-state index in [4.69, 9.17) is 11.6 Å². The summed E-state index contributed by atoms with van der Waals surface area (Å²) in [6.45, 7) is 1.21. The largest absolute Gasteiger partial charge is 0.418 e. The molecule has 0 saturated heterocycles. The molecular formula is C27H25Cl2F3N4O. The molecule has 1 N–H and O–H groups in total. The van der Waals surface area contributed by atoms with Gasteiger partial charge in [-0.15, -0.1) is 12.4 Å². The van der Waals surface area contributed by atoms with E-state index in [1.165, 1.54) is 22.9 Å². The van der Waals surface area contributed by atoms with Crippen LogP contribution in [-0.4, -0.2) is 47.5 Å². The number of hydrogen-bond acceptors (Lipinski definition) is 3. The Bertz CT molecular complexity index is 1350. The lowest BCUT2D eigenvalue weighted by atomic mass is 10.1. The Morgan fingerprint density at radius 3 is 2.27 bits per heavy atom. The lowest BCUT2D eigenvalue weighted by Crippen LogP contribution is -2.31. The van der Waals surface area contributed by atoms with Crippen LogP contribution in [0.4, 0.5) is 13.2 Å². The van der Waals surface area contributed by atoms with Crippen LogP contribution in [0, 0.1) is 0 Å². The van der Waals surface area contributed by atoms with Gasteiger partial charge in [-0.25, -0.2) is 0 Å². The maximum absolute atomic E-state index is 14.0. The maximum Gasteiger partial charge on any atom is 0.418 e. The van der Waals surface area contributed by atoms with Gasteiger partial charge in [0.25, 0.3) is 5.91 Å². The van der Waals surface area contributed by atoms with Gasteiger partial charge in [-0.1, -0.05) is 35.9 Å². The van der Waals surface area contributed by atoms with Gasteiger partial charge in [0.05, 0.1) is 33.4 Å². The van der Waals surface area contributed by atoms with Crippen molar-refractivity contribution in [1.82, 2.24) is 19.8 Å². The molecule has 0 atom stereocenters. The summed E-state index contributed by atoms with van der Waals surface area (Å²) in [5.74, 6) is -0.216. The van der Waals surface area contributed by atoms with E-state index in [0.717, 1.165) is 6.07 Å². The average molecular weight is 549 g/mol. The number of nitrogens with zero attached hydrogens (tertiary/aromatic N) is 3. The number of rotatable bonds is 7. The average Bonchev–Trinajstić information content (AvgIpc) is 3.29. The first-order valence-electron chi connectivity index (χ1n) is 11.2. The Kier molecular flexibility index (Phi) is 9.02. The van der Waals surface area contributed by atoms with Gasteiger partial charge < -0.3 is 14.8 Å². The number of amides is 1. The molecule has 0 aliphatic heterocycles. The van der Waals surface area contributed by atoms with Crippen LogP contribution >= 0.6 is 24.0 Å². The SMILES string of the molecule is CN(C)CCNC(=O)c1ccc(-c2ccc(-c3ccc(Cl)cn3)n2-c2ccccc2C(F)(F)F)cc1.Cl. The fraction of sp³-hybridized carbons (Fsp3) is 0.185. The Hall–Kier alpha value is -3.33. The molecule has 5 nitrogen and oxygen atoms in total. The molecule has 1 amide bonds. The topological polar surface area (TPSA) is 50.2 Å². The van der Waals surface area contributed by atoms with E-state index >= 15 is 0 Å². The van der Waals surface area contributed by atoms with Gasteiger partial charge >= 0.3 is 6.18 Å². The van der Waals surface area contributed by atoms with Crippen LogP contribution in [0.3, 0.4) is 0 Å². The van der Waals surface area contributed by atoms with Crippen molar-refractivity contribution in [2.45, 2.75) is 6.18 Å². The van der Waals surface area contributed by atoms with Gasteiger partial charge in [0.1, 0.15) is 0 Å². The normalized spacial score (nSPS) is 11.3. The fourth-order valence-corrected chi connectivity index (χ4v) is 3.96. The van der Waals surface area contributed by atoms with E-state index in [1.54, 1.807) is 54.6 Å². The Balaban J connectivity index is 0.00000380. The molecule has 0 fully saturated rings. The standard InChI is InChI=1S/C27H24ClF3N4O.ClH/c1-34(2)16-15-32-26(36)19-9-7-18(8-10-19)23-13-14-25(22-12-11-20(28)17-33-22)35(23)24-6-4-3-5-21(24)27(29,30)31;/h3-14,17H,15-16H2,1-2H3,(H,32,36);1H. The number of alkyl halides is 3. The number of carbonyl (C=O) groups excluding carboxylic acids is 1. The Morgan fingerprint density at radius 1 is 0.973 bits per heavy atom. The van der Waals surface area contributed by atoms with Crippen LogP contribution in [0.1, 0.15) is 15.9 Å². The molecular weight excluding hydrogens is 524 g/mol. The summed E-state index contributed by atoms with van der Waals surface area (Å²) >= 11 is 5.98. The Labute approximate surface area is 224 Å². The van der Waals surface area contributed by atoms with Crippen LogP contribution in [0.2, 0.25) is 5.02 Å². The lowest BCUT2D eigenvalue weighted by molar-refractivity contribution is -0.137. The van der Waals surface area contributed by atoms with Crippen molar-refractivity contribution >= 4 is 29.9 Å². The quantitative estimate of drug-likeness (QED) is 0.283. The molecule has 10 heteroatoms. The van der Waals surface area contributed by atoms with Gasteiger partial charge in [0.2, 0.25) is 0 Å². The number of benzene rings is 2.